The summed E-state index contributed by atoms with van der Waals surface area (Å²) in [5, 5.41) is 5.14. The fourth-order valence-electron chi connectivity index (χ4n) is 2.95. The van der Waals surface area contributed by atoms with Crippen molar-refractivity contribution in [2.24, 2.45) is 0 Å². The first kappa shape index (κ1) is 18.6. The number of carbonyl (C=O) groups is 2. The van der Waals surface area contributed by atoms with Crippen molar-refractivity contribution >= 4 is 35.4 Å². The number of likely N-dealkylation sites (tertiary alicyclic amines) is 1. The van der Waals surface area contributed by atoms with Crippen molar-refractivity contribution in [3.63, 3.8) is 0 Å². The Hall–Kier alpha value is -1.69. The Balaban J connectivity index is 0.00000208. The number of piperidine rings is 1. The van der Waals surface area contributed by atoms with Gasteiger partial charge in [0.15, 0.2) is 0 Å². The van der Waals surface area contributed by atoms with Gasteiger partial charge in [0.2, 0.25) is 5.78 Å². The Morgan fingerprint density at radius 3 is 2.33 bits per heavy atom. The molecule has 24 heavy (non-hydrogen) atoms. The Morgan fingerprint density at radius 2 is 1.75 bits per heavy atom. The first-order valence-electron chi connectivity index (χ1n) is 7.84. The first-order valence-corrected chi connectivity index (χ1v) is 8.72. The fraction of sp³-hybridized carbons (Fsp3) is 0.333. The topological polar surface area (TPSA) is 49.4 Å². The van der Waals surface area contributed by atoms with Crippen molar-refractivity contribution in [2.75, 3.05) is 20.1 Å². The molecule has 128 valence electrons. The van der Waals surface area contributed by atoms with Crippen LogP contribution in [0.15, 0.2) is 41.8 Å². The molecule has 2 heterocycles. The van der Waals surface area contributed by atoms with E-state index in [-0.39, 0.29) is 24.1 Å². The summed E-state index contributed by atoms with van der Waals surface area (Å²) in [5.74, 6) is -0.117. The Labute approximate surface area is 152 Å². The molecule has 4 nitrogen and oxygen atoms in total. The van der Waals surface area contributed by atoms with Crippen molar-refractivity contribution in [1.29, 1.82) is 0 Å². The molecule has 0 spiro atoms. The number of benzene rings is 1. The minimum atomic E-state index is -0.0749. The number of hydrogen-bond acceptors (Lipinski definition) is 4. The Kier molecular flexibility index (Phi) is 6.54. The van der Waals surface area contributed by atoms with E-state index in [0.29, 0.717) is 22.0 Å². The summed E-state index contributed by atoms with van der Waals surface area (Å²) < 4.78 is 0. The number of rotatable bonds is 4. The van der Waals surface area contributed by atoms with Crippen LogP contribution in [0, 0.1) is 0 Å². The van der Waals surface area contributed by atoms with Gasteiger partial charge >= 0.3 is 0 Å². The van der Waals surface area contributed by atoms with Gasteiger partial charge in [-0.1, -0.05) is 24.3 Å². The molecule has 1 aromatic heterocycles. The highest BCUT2D eigenvalue weighted by atomic mass is 35.5. The monoisotopic (exact) mass is 364 g/mol. The van der Waals surface area contributed by atoms with E-state index in [9.17, 15) is 9.59 Å². The maximum atomic E-state index is 12.8. The number of ketones is 1. The van der Waals surface area contributed by atoms with E-state index in [1.165, 1.54) is 11.3 Å². The summed E-state index contributed by atoms with van der Waals surface area (Å²) >= 11 is 1.40. The zero-order chi connectivity index (χ0) is 16.2. The summed E-state index contributed by atoms with van der Waals surface area (Å²) in [6.07, 6.45) is 1.90. The average molecular weight is 365 g/mol. The first-order chi connectivity index (χ1) is 11.2. The second kappa shape index (κ2) is 8.42. The van der Waals surface area contributed by atoms with Crippen LogP contribution in [0.25, 0.3) is 0 Å². The second-order valence-electron chi connectivity index (χ2n) is 5.71. The average Bonchev–Trinajstić information content (AvgIpc) is 3.15. The van der Waals surface area contributed by atoms with Gasteiger partial charge in [0.1, 0.15) is 0 Å². The molecular weight excluding hydrogens is 344 g/mol. The molecule has 6 heteroatoms. The van der Waals surface area contributed by atoms with E-state index < -0.39 is 0 Å². The molecule has 0 unspecified atom stereocenters. The second-order valence-corrected chi connectivity index (χ2v) is 6.65. The van der Waals surface area contributed by atoms with Crippen molar-refractivity contribution in [1.82, 2.24) is 10.2 Å². The van der Waals surface area contributed by atoms with Crippen LogP contribution >= 0.6 is 23.7 Å². The Bertz CT molecular complexity index is 695. The van der Waals surface area contributed by atoms with Crippen LogP contribution in [0.5, 0.6) is 0 Å². The van der Waals surface area contributed by atoms with Crippen molar-refractivity contribution in [3.05, 3.63) is 57.8 Å². The molecule has 1 amide bonds. The molecule has 1 aliphatic heterocycles. The number of nitrogens with zero attached hydrogens (tertiary/aromatic N) is 1. The van der Waals surface area contributed by atoms with Crippen LogP contribution < -0.4 is 5.32 Å². The van der Waals surface area contributed by atoms with Crippen LogP contribution in [0.3, 0.4) is 0 Å². The number of thiophene rings is 1. The summed E-state index contributed by atoms with van der Waals surface area (Å²) in [7, 11) is 1.96. The highest BCUT2D eigenvalue weighted by Gasteiger charge is 2.26. The molecular formula is C18H21ClN2O2S. The van der Waals surface area contributed by atoms with E-state index in [0.717, 1.165) is 25.9 Å². The lowest BCUT2D eigenvalue weighted by Gasteiger charge is -2.32. The lowest BCUT2D eigenvalue weighted by atomic mass is 9.99. The van der Waals surface area contributed by atoms with Crippen LogP contribution in [-0.4, -0.2) is 42.8 Å². The molecule has 1 aromatic carbocycles. The van der Waals surface area contributed by atoms with E-state index in [1.54, 1.807) is 18.2 Å². The summed E-state index contributed by atoms with van der Waals surface area (Å²) in [5.41, 5.74) is 1.00. The van der Waals surface area contributed by atoms with E-state index in [4.69, 9.17) is 0 Å². The molecule has 0 saturated carbocycles. The zero-order valence-electron chi connectivity index (χ0n) is 13.5. The van der Waals surface area contributed by atoms with Gasteiger partial charge in [-0.05, 0) is 37.4 Å². The number of nitrogens with one attached hydrogen (secondary N) is 1. The van der Waals surface area contributed by atoms with Gasteiger partial charge in [-0.15, -0.1) is 23.7 Å². The number of carbonyl (C=O) groups excluding carboxylic acids is 2. The quantitative estimate of drug-likeness (QED) is 0.847. The molecule has 0 bridgehead atoms. The molecule has 0 atom stereocenters. The van der Waals surface area contributed by atoms with E-state index >= 15 is 0 Å². The molecule has 0 aliphatic carbocycles. The van der Waals surface area contributed by atoms with Crippen molar-refractivity contribution in [3.8, 4) is 0 Å². The zero-order valence-corrected chi connectivity index (χ0v) is 15.2. The smallest absolute Gasteiger partial charge is 0.254 e. The van der Waals surface area contributed by atoms with Crippen molar-refractivity contribution < 1.29 is 9.59 Å². The number of amides is 1. The predicted octanol–water partition coefficient (Wildman–Crippen LogP) is 3.22. The normalized spacial score (nSPS) is 15.0. The third kappa shape index (κ3) is 3.86. The van der Waals surface area contributed by atoms with Crippen LogP contribution in [0.4, 0.5) is 0 Å². The molecule has 3 rings (SSSR count). The maximum Gasteiger partial charge on any atom is 0.254 e. The Morgan fingerprint density at radius 1 is 1.08 bits per heavy atom. The third-order valence-electron chi connectivity index (χ3n) is 4.34. The largest absolute Gasteiger partial charge is 0.339 e. The molecule has 1 fully saturated rings. The highest BCUT2D eigenvalue weighted by molar-refractivity contribution is 7.12. The van der Waals surface area contributed by atoms with Gasteiger partial charge in [-0.25, -0.2) is 0 Å². The minimum absolute atomic E-state index is 0. The maximum absolute atomic E-state index is 12.8. The third-order valence-corrected chi connectivity index (χ3v) is 5.21. The summed E-state index contributed by atoms with van der Waals surface area (Å²) in [6, 6.07) is 11.3. The minimum Gasteiger partial charge on any atom is -0.339 e. The summed E-state index contributed by atoms with van der Waals surface area (Å²) in [4.78, 5) is 28.0. The van der Waals surface area contributed by atoms with Crippen LogP contribution in [0.2, 0.25) is 0 Å². The lowest BCUT2D eigenvalue weighted by Crippen LogP contribution is -2.44. The molecule has 1 N–H and O–H groups in total. The van der Waals surface area contributed by atoms with Gasteiger partial charge in [-0.2, -0.15) is 0 Å². The van der Waals surface area contributed by atoms with Gasteiger partial charge in [0, 0.05) is 24.7 Å². The van der Waals surface area contributed by atoms with E-state index in [2.05, 4.69) is 5.32 Å². The predicted molar refractivity (Wildman–Crippen MR) is 99.4 cm³/mol. The molecule has 0 radical (unpaired) electrons. The number of hydrogen-bond donors (Lipinski definition) is 1. The van der Waals surface area contributed by atoms with Gasteiger partial charge in [0.25, 0.3) is 5.91 Å². The van der Waals surface area contributed by atoms with Gasteiger partial charge in [-0.3, -0.25) is 9.59 Å². The number of halogens is 1. The van der Waals surface area contributed by atoms with E-state index in [1.807, 2.05) is 35.5 Å². The standard InChI is InChI=1S/C18H20N2O2S.ClH/c1-19-13-8-10-20(11-9-13)18(22)15-6-3-2-5-14(15)17(21)16-7-4-12-23-16;/h2-7,12-13,19H,8-11H2,1H3;1H. The molecule has 1 saturated heterocycles. The van der Waals surface area contributed by atoms with Crippen molar-refractivity contribution in [2.45, 2.75) is 18.9 Å². The fourth-order valence-corrected chi connectivity index (χ4v) is 3.63. The van der Waals surface area contributed by atoms with Crippen LogP contribution in [-0.2, 0) is 0 Å². The van der Waals surface area contributed by atoms with Crippen LogP contribution in [0.1, 0.15) is 38.4 Å². The SMILES string of the molecule is CNC1CCN(C(=O)c2ccccc2C(=O)c2cccs2)CC1.Cl. The molecule has 2 aromatic rings. The van der Waals surface area contributed by atoms with Gasteiger partial charge < -0.3 is 10.2 Å². The molecule has 1 aliphatic rings. The van der Waals surface area contributed by atoms with Gasteiger partial charge in [0.05, 0.1) is 10.4 Å². The lowest BCUT2D eigenvalue weighted by molar-refractivity contribution is 0.0703. The summed E-state index contributed by atoms with van der Waals surface area (Å²) in [6.45, 7) is 1.46. The highest BCUT2D eigenvalue weighted by Crippen LogP contribution is 2.21.